The fraction of sp³-hybridized carbons (Fsp3) is 0.222. The molecule has 0 atom stereocenters. The van der Waals surface area contributed by atoms with Crippen LogP contribution < -0.4 is 5.73 Å². The maximum atomic E-state index is 13.2. The molecule has 0 aliphatic heterocycles. The molecule has 1 aromatic rings. The van der Waals surface area contributed by atoms with Gasteiger partial charge in [-0.3, -0.25) is 0 Å². The fourth-order valence-electron chi connectivity index (χ4n) is 0.981. The predicted molar refractivity (Wildman–Crippen MR) is 59.5 cm³/mol. The molecule has 0 aliphatic carbocycles. The summed E-state index contributed by atoms with van der Waals surface area (Å²) in [5, 5.41) is -0.0123. The third-order valence-electron chi connectivity index (χ3n) is 1.69. The molecule has 0 unspecified atom stereocenters. The molecule has 82 valence electrons. The molecule has 0 spiro atoms. The highest BCUT2D eigenvalue weighted by Crippen LogP contribution is 2.33. The minimum absolute atomic E-state index is 0.0123. The number of rotatable bonds is 2. The number of hydrogen-bond acceptors (Lipinski definition) is 3. The first-order chi connectivity index (χ1) is 6.99. The summed E-state index contributed by atoms with van der Waals surface area (Å²) in [6.45, 7) is 1.83. The lowest BCUT2D eigenvalue weighted by Crippen LogP contribution is -2.08. The van der Waals surface area contributed by atoms with Crippen molar-refractivity contribution in [2.75, 3.05) is 12.3 Å². The molecule has 0 fully saturated rings. The molecule has 0 radical (unpaired) electrons. The standard InChI is InChI=1S/C9H8BrClFNO2/c1-2-15-9(14)4-3-5(12)6(10)8(13)7(4)11/h3H,2,13H2,1H3. The summed E-state index contributed by atoms with van der Waals surface area (Å²) >= 11 is 8.69. The van der Waals surface area contributed by atoms with Crippen LogP contribution in [0.25, 0.3) is 0 Å². The van der Waals surface area contributed by atoms with E-state index >= 15 is 0 Å². The lowest BCUT2D eigenvalue weighted by molar-refractivity contribution is 0.0526. The van der Waals surface area contributed by atoms with Gasteiger partial charge in [0.05, 0.1) is 27.4 Å². The Morgan fingerprint density at radius 2 is 2.33 bits per heavy atom. The van der Waals surface area contributed by atoms with Crippen LogP contribution in [0.4, 0.5) is 10.1 Å². The van der Waals surface area contributed by atoms with Crippen molar-refractivity contribution in [1.29, 1.82) is 0 Å². The highest BCUT2D eigenvalue weighted by Gasteiger charge is 2.18. The molecule has 1 rings (SSSR count). The van der Waals surface area contributed by atoms with Crippen molar-refractivity contribution >= 4 is 39.2 Å². The lowest BCUT2D eigenvalue weighted by Gasteiger charge is -2.08. The van der Waals surface area contributed by atoms with Gasteiger partial charge in [-0.15, -0.1) is 0 Å². The molecule has 3 nitrogen and oxygen atoms in total. The number of hydrogen-bond donors (Lipinski definition) is 1. The molecule has 1 aromatic carbocycles. The normalized spacial score (nSPS) is 10.1. The van der Waals surface area contributed by atoms with Crippen molar-refractivity contribution < 1.29 is 13.9 Å². The molecule has 0 aromatic heterocycles. The van der Waals surface area contributed by atoms with Crippen molar-refractivity contribution in [3.05, 3.63) is 26.9 Å². The summed E-state index contributed by atoms with van der Waals surface area (Å²) in [5.74, 6) is -1.35. The van der Waals surface area contributed by atoms with Gasteiger partial charge in [-0.25, -0.2) is 9.18 Å². The van der Waals surface area contributed by atoms with Crippen molar-refractivity contribution in [1.82, 2.24) is 0 Å². The van der Waals surface area contributed by atoms with Crippen molar-refractivity contribution in [2.24, 2.45) is 0 Å². The highest BCUT2D eigenvalue weighted by molar-refractivity contribution is 9.10. The maximum Gasteiger partial charge on any atom is 0.339 e. The van der Waals surface area contributed by atoms with Gasteiger partial charge in [0.2, 0.25) is 0 Å². The van der Waals surface area contributed by atoms with Crippen LogP contribution in [0.3, 0.4) is 0 Å². The van der Waals surface area contributed by atoms with Crippen LogP contribution >= 0.6 is 27.5 Å². The summed E-state index contributed by atoms with van der Waals surface area (Å²) in [6.07, 6.45) is 0. The number of ether oxygens (including phenoxy) is 1. The zero-order valence-corrected chi connectivity index (χ0v) is 10.2. The lowest BCUT2D eigenvalue weighted by atomic mass is 10.2. The average molecular weight is 297 g/mol. The van der Waals surface area contributed by atoms with Gasteiger partial charge in [0, 0.05) is 0 Å². The van der Waals surface area contributed by atoms with Crippen LogP contribution in [0.2, 0.25) is 5.02 Å². The Morgan fingerprint density at radius 1 is 1.73 bits per heavy atom. The van der Waals surface area contributed by atoms with Crippen LogP contribution in [0.5, 0.6) is 0 Å². The Balaban J connectivity index is 3.26. The Labute approximate surface area is 99.5 Å². The van der Waals surface area contributed by atoms with Gasteiger partial charge in [0.25, 0.3) is 0 Å². The number of esters is 1. The summed E-state index contributed by atoms with van der Waals surface area (Å²) in [7, 11) is 0. The third kappa shape index (κ3) is 2.41. The minimum atomic E-state index is -0.694. The number of benzene rings is 1. The molecule has 0 saturated heterocycles. The number of halogens is 3. The Kier molecular flexibility index (Phi) is 3.93. The smallest absolute Gasteiger partial charge is 0.339 e. The van der Waals surface area contributed by atoms with Gasteiger partial charge in [-0.05, 0) is 28.9 Å². The molecule has 0 saturated carbocycles. The van der Waals surface area contributed by atoms with E-state index < -0.39 is 11.8 Å². The van der Waals surface area contributed by atoms with Crippen LogP contribution in [-0.2, 0) is 4.74 Å². The van der Waals surface area contributed by atoms with E-state index in [1.807, 2.05) is 0 Å². The topological polar surface area (TPSA) is 52.3 Å². The van der Waals surface area contributed by atoms with Crippen LogP contribution in [0.15, 0.2) is 10.5 Å². The van der Waals surface area contributed by atoms with E-state index in [2.05, 4.69) is 15.9 Å². The fourth-order valence-corrected chi connectivity index (χ4v) is 1.63. The van der Waals surface area contributed by atoms with Gasteiger partial charge < -0.3 is 10.5 Å². The van der Waals surface area contributed by atoms with E-state index in [-0.39, 0.29) is 27.4 Å². The largest absolute Gasteiger partial charge is 0.462 e. The number of nitrogen functional groups attached to an aromatic ring is 1. The summed E-state index contributed by atoms with van der Waals surface area (Å²) in [6, 6.07) is 0.987. The maximum absolute atomic E-state index is 13.2. The SMILES string of the molecule is CCOC(=O)c1cc(F)c(Br)c(N)c1Cl. The molecular formula is C9H8BrClFNO2. The number of nitrogens with two attached hydrogens (primary N) is 1. The van der Waals surface area contributed by atoms with E-state index in [4.69, 9.17) is 22.1 Å². The number of anilines is 1. The molecule has 15 heavy (non-hydrogen) atoms. The first-order valence-corrected chi connectivity index (χ1v) is 5.26. The first kappa shape index (κ1) is 12.3. The molecule has 6 heteroatoms. The zero-order valence-electron chi connectivity index (χ0n) is 7.81. The number of carbonyl (C=O) groups is 1. The van der Waals surface area contributed by atoms with Crippen LogP contribution in [0, 0.1) is 5.82 Å². The molecular weight excluding hydrogens is 288 g/mol. The Morgan fingerprint density at radius 3 is 2.87 bits per heavy atom. The number of carbonyl (C=O) groups excluding carboxylic acids is 1. The van der Waals surface area contributed by atoms with Gasteiger partial charge >= 0.3 is 5.97 Å². The average Bonchev–Trinajstić information content (AvgIpc) is 2.20. The van der Waals surface area contributed by atoms with E-state index in [1.165, 1.54) is 0 Å². The molecule has 0 heterocycles. The van der Waals surface area contributed by atoms with Gasteiger partial charge in [0.15, 0.2) is 0 Å². The highest BCUT2D eigenvalue weighted by atomic mass is 79.9. The molecule has 0 bridgehead atoms. The Bertz CT molecular complexity index is 412. The Hall–Kier alpha value is -0.810. The monoisotopic (exact) mass is 295 g/mol. The molecule has 2 N–H and O–H groups in total. The second-order valence-electron chi connectivity index (χ2n) is 2.67. The van der Waals surface area contributed by atoms with Gasteiger partial charge in [0.1, 0.15) is 5.82 Å². The predicted octanol–water partition coefficient (Wildman–Crippen LogP) is 3.00. The second-order valence-corrected chi connectivity index (χ2v) is 3.84. The summed E-state index contributed by atoms with van der Waals surface area (Å²) in [4.78, 5) is 11.3. The molecule has 0 aliphatic rings. The zero-order chi connectivity index (χ0) is 11.6. The molecule has 0 amide bonds. The third-order valence-corrected chi connectivity index (χ3v) is 2.90. The van der Waals surface area contributed by atoms with Gasteiger partial charge in [-0.2, -0.15) is 0 Å². The van der Waals surface area contributed by atoms with Crippen molar-refractivity contribution in [2.45, 2.75) is 6.92 Å². The van der Waals surface area contributed by atoms with E-state index in [1.54, 1.807) is 6.92 Å². The summed E-state index contributed by atoms with van der Waals surface area (Å²) in [5.41, 5.74) is 5.40. The van der Waals surface area contributed by atoms with Crippen molar-refractivity contribution in [3.8, 4) is 0 Å². The van der Waals surface area contributed by atoms with E-state index in [0.717, 1.165) is 6.07 Å². The first-order valence-electron chi connectivity index (χ1n) is 4.09. The van der Waals surface area contributed by atoms with E-state index in [0.29, 0.717) is 0 Å². The minimum Gasteiger partial charge on any atom is -0.462 e. The van der Waals surface area contributed by atoms with Crippen LogP contribution in [0.1, 0.15) is 17.3 Å². The van der Waals surface area contributed by atoms with Gasteiger partial charge in [-0.1, -0.05) is 11.6 Å². The van der Waals surface area contributed by atoms with Crippen LogP contribution in [-0.4, -0.2) is 12.6 Å². The van der Waals surface area contributed by atoms with Crippen molar-refractivity contribution in [3.63, 3.8) is 0 Å². The second kappa shape index (κ2) is 4.81. The quantitative estimate of drug-likeness (QED) is 0.518. The summed E-state index contributed by atoms with van der Waals surface area (Å²) < 4.78 is 18.0. The van der Waals surface area contributed by atoms with E-state index in [9.17, 15) is 9.18 Å².